The summed E-state index contributed by atoms with van der Waals surface area (Å²) in [6.45, 7) is 4.06. The molecule has 0 N–H and O–H groups in total. The molecule has 0 amide bonds. The van der Waals surface area contributed by atoms with Crippen LogP contribution in [0.15, 0.2) is 36.5 Å². The van der Waals surface area contributed by atoms with Crippen LogP contribution in [0.1, 0.15) is 11.4 Å². The van der Waals surface area contributed by atoms with E-state index in [0.29, 0.717) is 0 Å². The van der Waals surface area contributed by atoms with Crippen LogP contribution in [-0.2, 0) is 0 Å². The smallest absolute Gasteiger partial charge is 0.157 e. The minimum Gasteiger partial charge on any atom is -0.497 e. The van der Waals surface area contributed by atoms with Crippen molar-refractivity contribution in [3.05, 3.63) is 47.9 Å². The van der Waals surface area contributed by atoms with Gasteiger partial charge in [-0.3, -0.25) is 4.40 Å². The second-order valence-corrected chi connectivity index (χ2v) is 4.54. The monoisotopic (exact) mass is 253 g/mol. The number of aryl methyl sites for hydroxylation is 2. The zero-order chi connectivity index (χ0) is 13.4. The van der Waals surface area contributed by atoms with Crippen LogP contribution in [0.2, 0.25) is 0 Å². The topological polar surface area (TPSA) is 39.4 Å². The van der Waals surface area contributed by atoms with Gasteiger partial charge in [-0.15, -0.1) is 0 Å². The molecule has 0 saturated heterocycles. The molecule has 3 aromatic rings. The number of hydrogen-bond acceptors (Lipinski definition) is 3. The maximum atomic E-state index is 5.17. The van der Waals surface area contributed by atoms with E-state index in [2.05, 4.69) is 27.4 Å². The third kappa shape index (κ3) is 1.95. The van der Waals surface area contributed by atoms with Gasteiger partial charge in [-0.05, 0) is 44.2 Å². The summed E-state index contributed by atoms with van der Waals surface area (Å²) in [6, 6.07) is 9.95. The molecule has 0 spiro atoms. The molecule has 0 fully saturated rings. The van der Waals surface area contributed by atoms with Crippen LogP contribution in [0, 0.1) is 13.8 Å². The fraction of sp³-hybridized carbons (Fsp3) is 0.200. The number of ether oxygens (including phenoxy) is 1. The number of aromatic nitrogens is 3. The van der Waals surface area contributed by atoms with E-state index in [-0.39, 0.29) is 0 Å². The van der Waals surface area contributed by atoms with E-state index in [1.165, 1.54) is 0 Å². The Morgan fingerprint density at radius 2 is 1.84 bits per heavy atom. The molecule has 2 heterocycles. The highest BCUT2D eigenvalue weighted by atomic mass is 16.5. The predicted octanol–water partition coefficient (Wildman–Crippen LogP) is 3.02. The summed E-state index contributed by atoms with van der Waals surface area (Å²) in [6.07, 6.45) is 1.81. The summed E-state index contributed by atoms with van der Waals surface area (Å²) >= 11 is 0. The molecule has 0 aliphatic heterocycles. The Bertz CT molecular complexity index is 729. The molecular formula is C15H15N3O. The zero-order valence-corrected chi connectivity index (χ0v) is 11.2. The number of fused-ring (bicyclic) bond motifs is 1. The second kappa shape index (κ2) is 4.39. The summed E-state index contributed by atoms with van der Waals surface area (Å²) in [5, 5.41) is 0. The molecule has 0 aliphatic carbocycles. The van der Waals surface area contributed by atoms with Crippen molar-refractivity contribution >= 4 is 5.65 Å². The van der Waals surface area contributed by atoms with Gasteiger partial charge in [0, 0.05) is 17.0 Å². The Morgan fingerprint density at radius 3 is 2.53 bits per heavy atom. The van der Waals surface area contributed by atoms with Crippen molar-refractivity contribution in [3.8, 4) is 17.1 Å². The maximum Gasteiger partial charge on any atom is 0.157 e. The van der Waals surface area contributed by atoms with Crippen LogP contribution in [0.3, 0.4) is 0 Å². The predicted molar refractivity (Wildman–Crippen MR) is 74.4 cm³/mol. The van der Waals surface area contributed by atoms with Gasteiger partial charge in [0.1, 0.15) is 11.6 Å². The lowest BCUT2D eigenvalue weighted by molar-refractivity contribution is 0.415. The third-order valence-corrected chi connectivity index (χ3v) is 3.15. The molecule has 2 aromatic heterocycles. The summed E-state index contributed by atoms with van der Waals surface area (Å²) in [5.74, 6) is 1.75. The van der Waals surface area contributed by atoms with Gasteiger partial charge < -0.3 is 4.74 Å². The van der Waals surface area contributed by atoms with E-state index in [0.717, 1.165) is 34.2 Å². The summed E-state index contributed by atoms with van der Waals surface area (Å²) in [4.78, 5) is 8.97. The SMILES string of the molecule is COc1ccc(-c2ncc3nc(C)cc(C)n23)cc1. The van der Waals surface area contributed by atoms with Crippen LogP contribution < -0.4 is 4.74 Å². The van der Waals surface area contributed by atoms with Gasteiger partial charge in [0.2, 0.25) is 0 Å². The summed E-state index contributed by atoms with van der Waals surface area (Å²) in [5.41, 5.74) is 4.06. The van der Waals surface area contributed by atoms with Crippen LogP contribution in [-0.4, -0.2) is 21.5 Å². The largest absolute Gasteiger partial charge is 0.497 e. The van der Waals surface area contributed by atoms with Crippen molar-refractivity contribution in [1.82, 2.24) is 14.4 Å². The van der Waals surface area contributed by atoms with Gasteiger partial charge in [-0.2, -0.15) is 0 Å². The molecule has 4 heteroatoms. The lowest BCUT2D eigenvalue weighted by Crippen LogP contribution is -1.97. The van der Waals surface area contributed by atoms with Crippen LogP contribution >= 0.6 is 0 Å². The average Bonchev–Trinajstić information content (AvgIpc) is 2.83. The first-order valence-corrected chi connectivity index (χ1v) is 6.15. The Morgan fingerprint density at radius 1 is 1.11 bits per heavy atom. The lowest BCUT2D eigenvalue weighted by Gasteiger charge is -2.06. The molecule has 0 radical (unpaired) electrons. The highest BCUT2D eigenvalue weighted by molar-refractivity contribution is 5.62. The quantitative estimate of drug-likeness (QED) is 0.704. The van der Waals surface area contributed by atoms with Gasteiger partial charge in [0.05, 0.1) is 13.3 Å². The fourth-order valence-corrected chi connectivity index (χ4v) is 2.29. The van der Waals surface area contributed by atoms with E-state index < -0.39 is 0 Å². The molecule has 0 saturated carbocycles. The molecule has 96 valence electrons. The van der Waals surface area contributed by atoms with Crippen LogP contribution in [0.25, 0.3) is 17.0 Å². The Hall–Kier alpha value is -2.36. The molecule has 19 heavy (non-hydrogen) atoms. The molecule has 3 rings (SSSR count). The molecule has 0 bridgehead atoms. The normalized spacial score (nSPS) is 10.9. The van der Waals surface area contributed by atoms with Crippen molar-refractivity contribution in [2.24, 2.45) is 0 Å². The van der Waals surface area contributed by atoms with E-state index in [4.69, 9.17) is 4.74 Å². The second-order valence-electron chi connectivity index (χ2n) is 4.54. The first kappa shape index (κ1) is 11.7. The van der Waals surface area contributed by atoms with Gasteiger partial charge >= 0.3 is 0 Å². The van der Waals surface area contributed by atoms with Crippen molar-refractivity contribution in [2.45, 2.75) is 13.8 Å². The van der Waals surface area contributed by atoms with Gasteiger partial charge in [0.15, 0.2) is 5.65 Å². The highest BCUT2D eigenvalue weighted by Crippen LogP contribution is 2.23. The molecule has 0 aliphatic rings. The van der Waals surface area contributed by atoms with Crippen molar-refractivity contribution in [2.75, 3.05) is 7.11 Å². The lowest BCUT2D eigenvalue weighted by atomic mass is 10.2. The molecular weight excluding hydrogens is 238 g/mol. The summed E-state index contributed by atoms with van der Waals surface area (Å²) in [7, 11) is 1.66. The van der Waals surface area contributed by atoms with E-state index in [1.54, 1.807) is 13.3 Å². The number of methoxy groups -OCH3 is 1. The average molecular weight is 253 g/mol. The highest BCUT2D eigenvalue weighted by Gasteiger charge is 2.09. The minimum atomic E-state index is 0.843. The Labute approximate surface area is 111 Å². The summed E-state index contributed by atoms with van der Waals surface area (Å²) < 4.78 is 7.24. The van der Waals surface area contributed by atoms with Gasteiger partial charge in [-0.1, -0.05) is 0 Å². The van der Waals surface area contributed by atoms with E-state index in [1.807, 2.05) is 31.2 Å². The number of rotatable bonds is 2. The maximum absolute atomic E-state index is 5.17. The van der Waals surface area contributed by atoms with Crippen molar-refractivity contribution in [3.63, 3.8) is 0 Å². The minimum absolute atomic E-state index is 0.843. The number of imidazole rings is 1. The number of hydrogen-bond donors (Lipinski definition) is 0. The molecule has 0 unspecified atom stereocenters. The molecule has 0 atom stereocenters. The number of nitrogens with zero attached hydrogens (tertiary/aromatic N) is 3. The van der Waals surface area contributed by atoms with Gasteiger partial charge in [0.25, 0.3) is 0 Å². The standard InChI is InChI=1S/C15H15N3O/c1-10-8-11(2)18-14(17-10)9-16-15(18)12-4-6-13(19-3)7-5-12/h4-9H,1-3H3. The molecule has 4 nitrogen and oxygen atoms in total. The molecule has 1 aromatic carbocycles. The van der Waals surface area contributed by atoms with Crippen molar-refractivity contribution < 1.29 is 4.74 Å². The number of benzene rings is 1. The Balaban J connectivity index is 2.19. The Kier molecular flexibility index (Phi) is 2.71. The third-order valence-electron chi connectivity index (χ3n) is 3.15. The van der Waals surface area contributed by atoms with Crippen LogP contribution in [0.4, 0.5) is 0 Å². The van der Waals surface area contributed by atoms with E-state index in [9.17, 15) is 0 Å². The van der Waals surface area contributed by atoms with E-state index >= 15 is 0 Å². The first-order chi connectivity index (χ1) is 9.19. The van der Waals surface area contributed by atoms with Crippen LogP contribution in [0.5, 0.6) is 5.75 Å². The fourth-order valence-electron chi connectivity index (χ4n) is 2.29. The van der Waals surface area contributed by atoms with Gasteiger partial charge in [-0.25, -0.2) is 9.97 Å². The zero-order valence-electron chi connectivity index (χ0n) is 11.2. The van der Waals surface area contributed by atoms with Crippen molar-refractivity contribution in [1.29, 1.82) is 0 Å². The first-order valence-electron chi connectivity index (χ1n) is 6.15.